The van der Waals surface area contributed by atoms with E-state index < -0.39 is 5.82 Å². The van der Waals surface area contributed by atoms with Gasteiger partial charge in [-0.1, -0.05) is 23.7 Å². The maximum absolute atomic E-state index is 13.4. The first-order valence-electron chi connectivity index (χ1n) is 5.58. The lowest BCUT2D eigenvalue weighted by Gasteiger charge is -2.19. The van der Waals surface area contributed by atoms with Crippen LogP contribution in [0.3, 0.4) is 0 Å². The highest BCUT2D eigenvalue weighted by atomic mass is 35.5. The van der Waals surface area contributed by atoms with Crippen LogP contribution in [0.4, 0.5) is 15.8 Å². The number of benzene rings is 2. The largest absolute Gasteiger partial charge is 0.397 e. The Morgan fingerprint density at radius 3 is 2.58 bits per heavy atom. The van der Waals surface area contributed by atoms with E-state index in [4.69, 9.17) is 17.3 Å². The minimum atomic E-state index is -0.623. The summed E-state index contributed by atoms with van der Waals surface area (Å²) in [6, 6.07) is 10.9. The van der Waals surface area contributed by atoms with Gasteiger partial charge in [0.15, 0.2) is 0 Å². The molecule has 2 aromatic rings. The van der Waals surface area contributed by atoms with Gasteiger partial charge in [0.25, 0.3) is 5.91 Å². The number of nitrogens with zero attached hydrogens (tertiary/aromatic N) is 1. The molecule has 0 atom stereocenters. The first-order chi connectivity index (χ1) is 9.00. The number of halogens is 2. The molecule has 0 spiro atoms. The molecule has 2 aromatic carbocycles. The molecule has 0 heterocycles. The van der Waals surface area contributed by atoms with Gasteiger partial charge in [0.2, 0.25) is 0 Å². The van der Waals surface area contributed by atoms with Gasteiger partial charge < -0.3 is 10.6 Å². The van der Waals surface area contributed by atoms with Crippen molar-refractivity contribution in [3.05, 3.63) is 58.9 Å². The van der Waals surface area contributed by atoms with Crippen LogP contribution >= 0.6 is 11.6 Å². The monoisotopic (exact) mass is 278 g/mol. The number of hydrogen-bond acceptors (Lipinski definition) is 2. The molecule has 2 N–H and O–H groups in total. The van der Waals surface area contributed by atoms with Crippen molar-refractivity contribution in [2.75, 3.05) is 17.7 Å². The Morgan fingerprint density at radius 2 is 1.95 bits per heavy atom. The van der Waals surface area contributed by atoms with Crippen molar-refractivity contribution in [2.24, 2.45) is 0 Å². The number of rotatable bonds is 2. The van der Waals surface area contributed by atoms with Gasteiger partial charge in [-0.15, -0.1) is 0 Å². The van der Waals surface area contributed by atoms with Gasteiger partial charge in [0, 0.05) is 12.6 Å². The van der Waals surface area contributed by atoms with Crippen LogP contribution in [0.5, 0.6) is 0 Å². The first-order valence-corrected chi connectivity index (χ1v) is 5.96. The Kier molecular flexibility index (Phi) is 3.71. The van der Waals surface area contributed by atoms with Crippen molar-refractivity contribution in [1.82, 2.24) is 0 Å². The van der Waals surface area contributed by atoms with E-state index in [0.29, 0.717) is 11.4 Å². The van der Waals surface area contributed by atoms with Crippen molar-refractivity contribution in [2.45, 2.75) is 0 Å². The third kappa shape index (κ3) is 2.69. The van der Waals surface area contributed by atoms with Crippen LogP contribution in [0.1, 0.15) is 10.4 Å². The summed E-state index contributed by atoms with van der Waals surface area (Å²) in [5.74, 6) is -0.976. The Bertz CT molecular complexity index is 631. The van der Waals surface area contributed by atoms with E-state index in [1.54, 1.807) is 31.3 Å². The van der Waals surface area contributed by atoms with Gasteiger partial charge in [0.1, 0.15) is 5.82 Å². The molecule has 2 rings (SSSR count). The molecule has 0 aliphatic carbocycles. The molecule has 3 nitrogen and oxygen atoms in total. The molecule has 0 aliphatic heterocycles. The van der Waals surface area contributed by atoms with Gasteiger partial charge >= 0.3 is 0 Å². The van der Waals surface area contributed by atoms with Crippen LogP contribution in [0.2, 0.25) is 5.02 Å². The summed E-state index contributed by atoms with van der Waals surface area (Å²) in [4.78, 5) is 13.6. The van der Waals surface area contributed by atoms with Gasteiger partial charge in [0.05, 0.1) is 16.4 Å². The predicted octanol–water partition coefficient (Wildman–Crippen LogP) is 3.34. The summed E-state index contributed by atoms with van der Waals surface area (Å²) >= 11 is 5.59. The Balaban J connectivity index is 2.34. The number of nitrogen functional groups attached to an aromatic ring is 1. The fourth-order valence-electron chi connectivity index (χ4n) is 1.73. The van der Waals surface area contributed by atoms with Gasteiger partial charge in [-0.05, 0) is 30.3 Å². The summed E-state index contributed by atoms with van der Waals surface area (Å²) in [6.07, 6.45) is 0. The third-order valence-corrected chi connectivity index (χ3v) is 3.08. The van der Waals surface area contributed by atoms with Gasteiger partial charge in [-0.25, -0.2) is 4.39 Å². The number of anilines is 2. The SMILES string of the molecule is CN(C(=O)c1ccc(Cl)c(F)c1)c1ccccc1N. The smallest absolute Gasteiger partial charge is 0.258 e. The second kappa shape index (κ2) is 5.28. The van der Waals surface area contributed by atoms with Crippen molar-refractivity contribution < 1.29 is 9.18 Å². The summed E-state index contributed by atoms with van der Waals surface area (Å²) in [6.45, 7) is 0. The average Bonchev–Trinajstić information content (AvgIpc) is 2.41. The molecule has 0 aliphatic rings. The van der Waals surface area contributed by atoms with Crippen molar-refractivity contribution in [1.29, 1.82) is 0 Å². The fraction of sp³-hybridized carbons (Fsp3) is 0.0714. The lowest BCUT2D eigenvalue weighted by Crippen LogP contribution is -2.27. The lowest BCUT2D eigenvalue weighted by atomic mass is 10.1. The molecule has 0 radical (unpaired) electrons. The summed E-state index contributed by atoms with van der Waals surface area (Å²) in [7, 11) is 1.58. The molecule has 5 heteroatoms. The van der Waals surface area contributed by atoms with Crippen molar-refractivity contribution in [3.63, 3.8) is 0 Å². The minimum Gasteiger partial charge on any atom is -0.397 e. The quantitative estimate of drug-likeness (QED) is 0.857. The Labute approximate surface area is 115 Å². The molecular weight excluding hydrogens is 267 g/mol. The number of nitrogens with two attached hydrogens (primary N) is 1. The second-order valence-electron chi connectivity index (χ2n) is 4.05. The molecule has 0 saturated heterocycles. The zero-order chi connectivity index (χ0) is 14.0. The van der Waals surface area contributed by atoms with Crippen molar-refractivity contribution in [3.8, 4) is 0 Å². The molecule has 0 fully saturated rings. The van der Waals surface area contributed by atoms with Crippen LogP contribution < -0.4 is 10.6 Å². The number of hydrogen-bond donors (Lipinski definition) is 1. The van der Waals surface area contributed by atoms with E-state index in [2.05, 4.69) is 0 Å². The molecule has 0 unspecified atom stereocenters. The van der Waals surface area contributed by atoms with Crippen LogP contribution in [0.25, 0.3) is 0 Å². The molecule has 1 amide bonds. The summed E-state index contributed by atoms with van der Waals surface area (Å²) < 4.78 is 13.4. The topological polar surface area (TPSA) is 46.3 Å². The van der Waals surface area contributed by atoms with E-state index in [1.165, 1.54) is 17.0 Å². The number of amides is 1. The van der Waals surface area contributed by atoms with E-state index in [0.717, 1.165) is 6.07 Å². The fourth-order valence-corrected chi connectivity index (χ4v) is 1.84. The maximum Gasteiger partial charge on any atom is 0.258 e. The highest BCUT2D eigenvalue weighted by Gasteiger charge is 2.16. The summed E-state index contributed by atoms with van der Waals surface area (Å²) in [5, 5.41) is -0.0153. The zero-order valence-corrected chi connectivity index (χ0v) is 11.0. The van der Waals surface area contributed by atoms with Crippen molar-refractivity contribution >= 4 is 28.9 Å². The van der Waals surface area contributed by atoms with E-state index in [1.807, 2.05) is 0 Å². The van der Waals surface area contributed by atoms with Crippen LogP contribution in [-0.2, 0) is 0 Å². The molecule has 19 heavy (non-hydrogen) atoms. The van der Waals surface area contributed by atoms with Gasteiger partial charge in [-0.3, -0.25) is 4.79 Å². The highest BCUT2D eigenvalue weighted by molar-refractivity contribution is 6.30. The standard InChI is InChI=1S/C14H12ClFN2O/c1-18(13-5-3-2-4-12(13)17)14(19)9-6-7-10(15)11(16)8-9/h2-8H,17H2,1H3. The normalized spacial score (nSPS) is 10.3. The zero-order valence-electron chi connectivity index (χ0n) is 10.2. The van der Waals surface area contributed by atoms with Crippen LogP contribution in [0.15, 0.2) is 42.5 Å². The van der Waals surface area contributed by atoms with Crippen LogP contribution in [-0.4, -0.2) is 13.0 Å². The van der Waals surface area contributed by atoms with Crippen LogP contribution in [0, 0.1) is 5.82 Å². The minimum absolute atomic E-state index is 0.0153. The predicted molar refractivity (Wildman–Crippen MR) is 75.0 cm³/mol. The first kappa shape index (κ1) is 13.4. The second-order valence-corrected chi connectivity index (χ2v) is 4.46. The third-order valence-electron chi connectivity index (χ3n) is 2.77. The average molecular weight is 279 g/mol. The van der Waals surface area contributed by atoms with E-state index in [-0.39, 0.29) is 16.5 Å². The maximum atomic E-state index is 13.4. The number of para-hydroxylation sites is 2. The molecule has 98 valence electrons. The number of carbonyl (C=O) groups excluding carboxylic acids is 1. The van der Waals surface area contributed by atoms with E-state index >= 15 is 0 Å². The molecular formula is C14H12ClFN2O. The Morgan fingerprint density at radius 1 is 1.26 bits per heavy atom. The number of carbonyl (C=O) groups is 1. The highest BCUT2D eigenvalue weighted by Crippen LogP contribution is 2.24. The van der Waals surface area contributed by atoms with Gasteiger partial charge in [-0.2, -0.15) is 0 Å². The summed E-state index contributed by atoms with van der Waals surface area (Å²) in [5.41, 5.74) is 7.07. The molecule has 0 saturated carbocycles. The lowest BCUT2D eigenvalue weighted by molar-refractivity contribution is 0.0992. The Hall–Kier alpha value is -2.07. The molecule has 0 aromatic heterocycles. The molecule has 0 bridgehead atoms. The van der Waals surface area contributed by atoms with E-state index in [9.17, 15) is 9.18 Å².